The molecule has 110 valence electrons. The number of thiophene rings is 1. The third-order valence-electron chi connectivity index (χ3n) is 3.66. The zero-order valence-electron chi connectivity index (χ0n) is 11.7. The van der Waals surface area contributed by atoms with Crippen LogP contribution >= 0.6 is 23.6 Å². The second-order valence-electron chi connectivity index (χ2n) is 5.12. The molecule has 2 heterocycles. The van der Waals surface area contributed by atoms with E-state index in [2.05, 4.69) is 10.4 Å². The van der Waals surface area contributed by atoms with Crippen molar-refractivity contribution in [1.29, 1.82) is 0 Å². The molecular formula is C14H16N4OS2. The third-order valence-corrected chi connectivity index (χ3v) is 5.11. The minimum Gasteiger partial charge on any atom is -0.389 e. The molecule has 3 rings (SSSR count). The van der Waals surface area contributed by atoms with E-state index in [4.69, 9.17) is 18.0 Å². The van der Waals surface area contributed by atoms with Gasteiger partial charge in [0, 0.05) is 11.9 Å². The van der Waals surface area contributed by atoms with Gasteiger partial charge in [-0.2, -0.15) is 5.10 Å². The Morgan fingerprint density at radius 3 is 2.95 bits per heavy atom. The standard InChI is InChI=1S/C14H16N4OS2/c1-18-13(9(7-16-18)12(15)20)17-14(19)11-6-8-4-2-3-5-10(8)21-11/h6-7H,2-5H2,1H3,(H2,15,20)(H,17,19). The van der Waals surface area contributed by atoms with Crippen LogP contribution < -0.4 is 11.1 Å². The Balaban J connectivity index is 1.85. The Labute approximate surface area is 132 Å². The third kappa shape index (κ3) is 2.71. The minimum atomic E-state index is -0.129. The van der Waals surface area contributed by atoms with Gasteiger partial charge in [0.25, 0.3) is 5.91 Å². The van der Waals surface area contributed by atoms with Crippen LogP contribution in [-0.4, -0.2) is 20.7 Å². The minimum absolute atomic E-state index is 0.129. The maximum Gasteiger partial charge on any atom is 0.266 e. The van der Waals surface area contributed by atoms with E-state index in [0.29, 0.717) is 11.4 Å². The molecule has 0 saturated carbocycles. The van der Waals surface area contributed by atoms with Crippen molar-refractivity contribution in [3.05, 3.63) is 33.1 Å². The quantitative estimate of drug-likeness (QED) is 0.851. The van der Waals surface area contributed by atoms with Crippen LogP contribution in [0, 0.1) is 0 Å². The predicted octanol–water partition coefficient (Wildman–Crippen LogP) is 2.25. The Morgan fingerprint density at radius 2 is 2.24 bits per heavy atom. The summed E-state index contributed by atoms with van der Waals surface area (Å²) in [5, 5.41) is 6.96. The normalized spacial score (nSPS) is 13.8. The zero-order chi connectivity index (χ0) is 15.0. The molecular weight excluding hydrogens is 304 g/mol. The number of rotatable bonds is 3. The smallest absolute Gasteiger partial charge is 0.266 e. The van der Waals surface area contributed by atoms with E-state index in [1.807, 2.05) is 6.07 Å². The molecule has 0 spiro atoms. The number of aryl methyl sites for hydroxylation is 3. The second kappa shape index (κ2) is 5.57. The number of fused-ring (bicyclic) bond motifs is 1. The summed E-state index contributed by atoms with van der Waals surface area (Å²) in [6.45, 7) is 0. The number of aromatic nitrogens is 2. The molecule has 2 aromatic rings. The molecule has 0 atom stereocenters. The van der Waals surface area contributed by atoms with Crippen molar-refractivity contribution in [1.82, 2.24) is 9.78 Å². The first-order valence-corrected chi connectivity index (χ1v) is 8.03. The number of nitrogens with two attached hydrogens (primary N) is 1. The number of carbonyl (C=O) groups is 1. The van der Waals surface area contributed by atoms with Crippen LogP contribution in [-0.2, 0) is 19.9 Å². The number of amides is 1. The van der Waals surface area contributed by atoms with Crippen LogP contribution in [0.3, 0.4) is 0 Å². The number of carbonyl (C=O) groups excluding carboxylic acids is 1. The van der Waals surface area contributed by atoms with E-state index in [1.165, 1.54) is 23.3 Å². The van der Waals surface area contributed by atoms with E-state index in [1.54, 1.807) is 29.3 Å². The number of hydrogen-bond donors (Lipinski definition) is 2. The highest BCUT2D eigenvalue weighted by Crippen LogP contribution is 2.30. The highest BCUT2D eigenvalue weighted by atomic mass is 32.1. The number of thiocarbonyl (C=S) groups is 1. The van der Waals surface area contributed by atoms with Gasteiger partial charge in [-0.1, -0.05) is 12.2 Å². The van der Waals surface area contributed by atoms with E-state index in [0.717, 1.165) is 17.7 Å². The SMILES string of the molecule is Cn1ncc(C(N)=S)c1NC(=O)c1cc2c(s1)CCCC2. The van der Waals surface area contributed by atoms with Crippen molar-refractivity contribution < 1.29 is 4.79 Å². The van der Waals surface area contributed by atoms with Crippen molar-refractivity contribution in [3.8, 4) is 0 Å². The van der Waals surface area contributed by atoms with Gasteiger partial charge in [-0.3, -0.25) is 9.48 Å². The highest BCUT2D eigenvalue weighted by molar-refractivity contribution is 7.80. The van der Waals surface area contributed by atoms with E-state index in [9.17, 15) is 4.79 Å². The van der Waals surface area contributed by atoms with E-state index in [-0.39, 0.29) is 10.9 Å². The summed E-state index contributed by atoms with van der Waals surface area (Å²) in [4.78, 5) is 14.7. The lowest BCUT2D eigenvalue weighted by Gasteiger charge is -2.08. The fraction of sp³-hybridized carbons (Fsp3) is 0.357. The van der Waals surface area contributed by atoms with Crippen LogP contribution in [0.15, 0.2) is 12.3 Å². The van der Waals surface area contributed by atoms with Crippen LogP contribution in [0.4, 0.5) is 5.82 Å². The van der Waals surface area contributed by atoms with Gasteiger partial charge in [0.1, 0.15) is 10.8 Å². The summed E-state index contributed by atoms with van der Waals surface area (Å²) in [5.41, 5.74) is 7.55. The van der Waals surface area contributed by atoms with Gasteiger partial charge >= 0.3 is 0 Å². The molecule has 1 aliphatic rings. The van der Waals surface area contributed by atoms with Crippen molar-refractivity contribution in [2.45, 2.75) is 25.7 Å². The summed E-state index contributed by atoms with van der Waals surface area (Å²) >= 11 is 6.56. The topological polar surface area (TPSA) is 72.9 Å². The molecule has 2 aromatic heterocycles. The van der Waals surface area contributed by atoms with Crippen molar-refractivity contribution in [3.63, 3.8) is 0 Å². The molecule has 1 aliphatic carbocycles. The Morgan fingerprint density at radius 1 is 1.48 bits per heavy atom. The summed E-state index contributed by atoms with van der Waals surface area (Å²) in [7, 11) is 1.75. The number of nitrogens with one attached hydrogen (secondary N) is 1. The Hall–Kier alpha value is -1.73. The average Bonchev–Trinajstić information content (AvgIpc) is 3.03. The highest BCUT2D eigenvalue weighted by Gasteiger charge is 2.19. The molecule has 7 heteroatoms. The van der Waals surface area contributed by atoms with E-state index < -0.39 is 0 Å². The molecule has 1 amide bonds. The molecule has 0 unspecified atom stereocenters. The van der Waals surface area contributed by atoms with Crippen molar-refractivity contribution in [2.24, 2.45) is 12.8 Å². The summed E-state index contributed by atoms with van der Waals surface area (Å²) < 4.78 is 1.57. The Kier molecular flexibility index (Phi) is 3.77. The summed E-state index contributed by atoms with van der Waals surface area (Å²) in [5.74, 6) is 0.411. The monoisotopic (exact) mass is 320 g/mol. The van der Waals surface area contributed by atoms with Crippen LogP contribution in [0.25, 0.3) is 0 Å². The summed E-state index contributed by atoms with van der Waals surface area (Å²) in [6, 6.07) is 2.01. The van der Waals surface area contributed by atoms with Crippen LogP contribution in [0.1, 0.15) is 38.5 Å². The Bertz CT molecular complexity index is 693. The molecule has 0 radical (unpaired) electrons. The summed E-state index contributed by atoms with van der Waals surface area (Å²) in [6.07, 6.45) is 6.14. The molecule has 0 saturated heterocycles. The maximum atomic E-state index is 12.4. The van der Waals surface area contributed by atoms with Crippen molar-refractivity contribution in [2.75, 3.05) is 5.32 Å². The zero-order valence-corrected chi connectivity index (χ0v) is 13.3. The van der Waals surface area contributed by atoms with Gasteiger partial charge < -0.3 is 11.1 Å². The lowest BCUT2D eigenvalue weighted by atomic mass is 9.99. The number of nitrogens with zero attached hydrogens (tertiary/aromatic N) is 2. The molecule has 21 heavy (non-hydrogen) atoms. The predicted molar refractivity (Wildman–Crippen MR) is 88.0 cm³/mol. The van der Waals surface area contributed by atoms with E-state index >= 15 is 0 Å². The first-order chi connectivity index (χ1) is 10.1. The molecule has 0 aromatic carbocycles. The van der Waals surface area contributed by atoms with Gasteiger partial charge in [0.05, 0.1) is 16.6 Å². The molecule has 5 nitrogen and oxygen atoms in total. The van der Waals surface area contributed by atoms with Gasteiger partial charge in [0.15, 0.2) is 0 Å². The van der Waals surface area contributed by atoms with Gasteiger partial charge in [0.2, 0.25) is 0 Å². The van der Waals surface area contributed by atoms with Gasteiger partial charge in [-0.25, -0.2) is 0 Å². The molecule has 0 fully saturated rings. The fourth-order valence-electron chi connectivity index (χ4n) is 2.54. The number of hydrogen-bond acceptors (Lipinski definition) is 4. The second-order valence-corrected chi connectivity index (χ2v) is 6.69. The average molecular weight is 320 g/mol. The molecule has 0 aliphatic heterocycles. The molecule has 3 N–H and O–H groups in total. The largest absolute Gasteiger partial charge is 0.389 e. The fourth-order valence-corrected chi connectivity index (χ4v) is 3.84. The van der Waals surface area contributed by atoms with Crippen LogP contribution in [0.5, 0.6) is 0 Å². The first-order valence-electron chi connectivity index (χ1n) is 6.81. The number of anilines is 1. The lowest BCUT2D eigenvalue weighted by molar-refractivity contribution is 0.102. The van der Waals surface area contributed by atoms with Gasteiger partial charge in [-0.15, -0.1) is 11.3 Å². The first kappa shape index (κ1) is 14.2. The van der Waals surface area contributed by atoms with Crippen molar-refractivity contribution >= 4 is 40.3 Å². The maximum absolute atomic E-state index is 12.4. The molecule has 0 bridgehead atoms. The van der Waals surface area contributed by atoms with Gasteiger partial charge in [-0.05, 0) is 37.3 Å². The van der Waals surface area contributed by atoms with Crippen LogP contribution in [0.2, 0.25) is 0 Å². The lowest BCUT2D eigenvalue weighted by Crippen LogP contribution is -2.18.